The quantitative estimate of drug-likeness (QED) is 0.475. The number of ether oxygens (including phenoxy) is 1. The average Bonchev–Trinajstić information content (AvgIpc) is 2.39. The Hall–Kier alpha value is -2.06. The van der Waals surface area contributed by atoms with Gasteiger partial charge < -0.3 is 4.74 Å². The lowest BCUT2D eigenvalue weighted by atomic mass is 10.1. The van der Waals surface area contributed by atoms with Crippen molar-refractivity contribution in [1.29, 1.82) is 5.26 Å². The van der Waals surface area contributed by atoms with E-state index in [4.69, 9.17) is 21.6 Å². The van der Waals surface area contributed by atoms with E-state index in [1.807, 2.05) is 6.07 Å². The Bertz CT molecular complexity index is 547. The molecule has 1 aromatic carbocycles. The summed E-state index contributed by atoms with van der Waals surface area (Å²) in [6, 6.07) is 6.32. The maximum Gasteiger partial charge on any atom is 0.311 e. The summed E-state index contributed by atoms with van der Waals surface area (Å²) in [5.74, 6) is 0.156. The van der Waals surface area contributed by atoms with E-state index in [1.54, 1.807) is 13.0 Å². The smallest absolute Gasteiger partial charge is 0.311 e. The summed E-state index contributed by atoms with van der Waals surface area (Å²) in [6.07, 6.45) is 0.467. The number of hydrogen-bond donors (Lipinski definition) is 0. The van der Waals surface area contributed by atoms with Gasteiger partial charge in [-0.3, -0.25) is 10.1 Å². The van der Waals surface area contributed by atoms with Crippen LogP contribution in [0.3, 0.4) is 0 Å². The normalized spacial score (nSPS) is 11.4. The number of benzene rings is 1. The van der Waals surface area contributed by atoms with E-state index >= 15 is 0 Å². The van der Waals surface area contributed by atoms with Crippen LogP contribution in [0.25, 0.3) is 5.03 Å². The van der Waals surface area contributed by atoms with Crippen LogP contribution >= 0.6 is 11.6 Å². The number of nitro groups is 1. The first kappa shape index (κ1) is 14.0. The number of hydrogen-bond acceptors (Lipinski definition) is 4. The van der Waals surface area contributed by atoms with Crippen molar-refractivity contribution in [2.45, 2.75) is 13.3 Å². The van der Waals surface area contributed by atoms with Gasteiger partial charge in [0.05, 0.1) is 23.1 Å². The Balaban J connectivity index is 3.38. The zero-order chi connectivity index (χ0) is 13.7. The van der Waals surface area contributed by atoms with E-state index < -0.39 is 4.92 Å². The summed E-state index contributed by atoms with van der Waals surface area (Å²) in [6.45, 7) is 1.79. The van der Waals surface area contributed by atoms with E-state index in [9.17, 15) is 10.1 Å². The van der Waals surface area contributed by atoms with Gasteiger partial charge in [-0.1, -0.05) is 18.5 Å². The molecule has 0 aliphatic rings. The van der Waals surface area contributed by atoms with Crippen LogP contribution in [0.2, 0.25) is 0 Å². The van der Waals surface area contributed by atoms with Crippen molar-refractivity contribution in [2.24, 2.45) is 0 Å². The second-order valence-electron chi connectivity index (χ2n) is 3.40. The van der Waals surface area contributed by atoms with E-state index in [2.05, 4.69) is 0 Å². The summed E-state index contributed by atoms with van der Waals surface area (Å²) < 4.78 is 4.89. The molecule has 0 saturated carbocycles. The van der Waals surface area contributed by atoms with Gasteiger partial charge in [-0.25, -0.2) is 0 Å². The summed E-state index contributed by atoms with van der Waals surface area (Å²) >= 11 is 6.04. The van der Waals surface area contributed by atoms with Gasteiger partial charge in [-0.15, -0.1) is 0 Å². The molecule has 0 aliphatic heterocycles. The molecule has 1 rings (SSSR count). The van der Waals surface area contributed by atoms with Gasteiger partial charge >= 0.3 is 5.69 Å². The summed E-state index contributed by atoms with van der Waals surface area (Å²) in [5, 5.41) is 20.0. The Labute approximate surface area is 109 Å². The molecule has 1 aromatic rings. The second kappa shape index (κ2) is 6.03. The number of nitrogens with zero attached hydrogens (tertiary/aromatic N) is 2. The molecule has 0 aromatic heterocycles. The van der Waals surface area contributed by atoms with Crippen molar-refractivity contribution in [3.8, 4) is 11.8 Å². The van der Waals surface area contributed by atoms with E-state index in [1.165, 1.54) is 19.2 Å². The highest BCUT2D eigenvalue weighted by molar-refractivity contribution is 6.49. The lowest BCUT2D eigenvalue weighted by Gasteiger charge is -2.05. The third-order valence-corrected chi connectivity index (χ3v) is 2.83. The van der Waals surface area contributed by atoms with Crippen molar-refractivity contribution in [2.75, 3.05) is 7.11 Å². The maximum atomic E-state index is 10.9. The van der Waals surface area contributed by atoms with Crippen LogP contribution in [0.4, 0.5) is 5.69 Å². The fraction of sp³-hybridized carbons (Fsp3) is 0.250. The zero-order valence-electron chi connectivity index (χ0n) is 9.94. The lowest BCUT2D eigenvalue weighted by Crippen LogP contribution is -1.95. The van der Waals surface area contributed by atoms with Crippen LogP contribution < -0.4 is 4.74 Å². The zero-order valence-corrected chi connectivity index (χ0v) is 10.7. The van der Waals surface area contributed by atoms with Crippen molar-refractivity contribution < 1.29 is 9.66 Å². The summed E-state index contributed by atoms with van der Waals surface area (Å²) in [7, 11) is 1.35. The lowest BCUT2D eigenvalue weighted by molar-refractivity contribution is -0.385. The highest BCUT2D eigenvalue weighted by Crippen LogP contribution is 2.33. The number of methoxy groups -OCH3 is 1. The Kier molecular flexibility index (Phi) is 4.69. The summed E-state index contributed by atoms with van der Waals surface area (Å²) in [5.41, 5.74) is 0.639. The molecule has 0 heterocycles. The Morgan fingerprint density at radius 2 is 2.28 bits per heavy atom. The van der Waals surface area contributed by atoms with Crippen LogP contribution in [0.15, 0.2) is 23.8 Å². The number of halogens is 1. The minimum absolute atomic E-state index is 0.156. The molecule has 0 radical (unpaired) electrons. The van der Waals surface area contributed by atoms with Crippen LogP contribution in [0.5, 0.6) is 5.75 Å². The van der Waals surface area contributed by atoms with Gasteiger partial charge in [-0.05, 0) is 18.6 Å². The van der Waals surface area contributed by atoms with Crippen LogP contribution in [-0.4, -0.2) is 12.0 Å². The fourth-order valence-electron chi connectivity index (χ4n) is 1.43. The standard InChI is InChI=1S/C12H11ClN2O3/c1-3-8(7-14)12(13)9-4-5-11(18-2)10(6-9)15(16)17/h4-6H,3H2,1-2H3. The van der Waals surface area contributed by atoms with Crippen molar-refractivity contribution in [1.82, 2.24) is 0 Å². The monoisotopic (exact) mass is 266 g/mol. The molecule has 0 spiro atoms. The molecule has 94 valence electrons. The Morgan fingerprint density at radius 1 is 1.61 bits per heavy atom. The van der Waals surface area contributed by atoms with E-state index in [-0.39, 0.29) is 16.5 Å². The largest absolute Gasteiger partial charge is 0.490 e. The number of nitriles is 1. The first-order valence-corrected chi connectivity index (χ1v) is 5.54. The van der Waals surface area contributed by atoms with Gasteiger partial charge in [0.25, 0.3) is 0 Å². The van der Waals surface area contributed by atoms with Gasteiger partial charge in [-0.2, -0.15) is 5.26 Å². The molecular formula is C12H11ClN2O3. The molecule has 0 fully saturated rings. The molecule has 0 unspecified atom stereocenters. The predicted molar refractivity (Wildman–Crippen MR) is 68.3 cm³/mol. The van der Waals surface area contributed by atoms with E-state index in [0.717, 1.165) is 0 Å². The molecular weight excluding hydrogens is 256 g/mol. The fourth-order valence-corrected chi connectivity index (χ4v) is 1.72. The van der Waals surface area contributed by atoms with Gasteiger partial charge in [0.15, 0.2) is 5.75 Å². The molecule has 0 atom stereocenters. The minimum Gasteiger partial charge on any atom is -0.490 e. The van der Waals surface area contributed by atoms with Crippen molar-refractivity contribution in [3.63, 3.8) is 0 Å². The number of allylic oxidation sites excluding steroid dienone is 1. The molecule has 5 nitrogen and oxygen atoms in total. The minimum atomic E-state index is -0.551. The van der Waals surface area contributed by atoms with Crippen molar-refractivity contribution >= 4 is 22.3 Å². The average molecular weight is 267 g/mol. The highest BCUT2D eigenvalue weighted by Gasteiger charge is 2.17. The van der Waals surface area contributed by atoms with Gasteiger partial charge in [0.2, 0.25) is 0 Å². The van der Waals surface area contributed by atoms with Gasteiger partial charge in [0.1, 0.15) is 0 Å². The number of rotatable bonds is 4. The first-order valence-electron chi connectivity index (χ1n) is 5.16. The second-order valence-corrected chi connectivity index (χ2v) is 3.78. The summed E-state index contributed by atoms with van der Waals surface area (Å²) in [4.78, 5) is 10.3. The van der Waals surface area contributed by atoms with Crippen LogP contribution in [0, 0.1) is 21.4 Å². The molecule has 0 aliphatic carbocycles. The number of nitro benzene ring substituents is 1. The maximum absolute atomic E-state index is 10.9. The highest BCUT2D eigenvalue weighted by atomic mass is 35.5. The third kappa shape index (κ3) is 2.79. The van der Waals surface area contributed by atoms with Crippen LogP contribution in [0.1, 0.15) is 18.9 Å². The molecule has 18 heavy (non-hydrogen) atoms. The van der Waals surface area contributed by atoms with Crippen LogP contribution in [-0.2, 0) is 0 Å². The third-order valence-electron chi connectivity index (χ3n) is 2.38. The molecule has 0 bridgehead atoms. The molecule has 0 N–H and O–H groups in total. The topological polar surface area (TPSA) is 76.2 Å². The van der Waals surface area contributed by atoms with Crippen molar-refractivity contribution in [3.05, 3.63) is 39.4 Å². The first-order chi connectivity index (χ1) is 8.54. The predicted octanol–water partition coefficient (Wildman–Crippen LogP) is 3.49. The Morgan fingerprint density at radius 3 is 2.72 bits per heavy atom. The van der Waals surface area contributed by atoms with Gasteiger partial charge in [0, 0.05) is 17.2 Å². The molecule has 0 amide bonds. The molecule has 0 saturated heterocycles. The molecule has 6 heteroatoms. The van der Waals surface area contributed by atoms with E-state index in [0.29, 0.717) is 17.6 Å². The SMILES string of the molecule is CCC(C#N)=C(Cl)c1ccc(OC)c([N+](=O)[O-])c1.